The van der Waals surface area contributed by atoms with E-state index in [1.165, 1.54) is 12.3 Å². The molecule has 1 aliphatic rings. The maximum Gasteiger partial charge on any atom is 0.306 e. The SMILES string of the molecule is CC(=NC1CCC(C(=O)O)CC1)C(=CN)C(=O)N(CC(=O)c1c(Cl)ccnc1N)Cc1cc(F)cc(F)c1. The Bertz CT molecular complexity index is 1250. The van der Waals surface area contributed by atoms with Crippen molar-refractivity contribution in [2.75, 3.05) is 12.3 Å². The zero-order valence-corrected chi connectivity index (χ0v) is 21.4. The van der Waals surface area contributed by atoms with Crippen LogP contribution in [-0.4, -0.2) is 50.9 Å². The van der Waals surface area contributed by atoms with Crippen molar-refractivity contribution < 1.29 is 28.3 Å². The van der Waals surface area contributed by atoms with Crippen molar-refractivity contribution in [3.63, 3.8) is 0 Å². The highest BCUT2D eigenvalue weighted by molar-refractivity contribution is 6.34. The van der Waals surface area contributed by atoms with Crippen LogP contribution < -0.4 is 11.5 Å². The second-order valence-corrected chi connectivity index (χ2v) is 9.46. The minimum absolute atomic E-state index is 0.0136. The third-order valence-corrected chi connectivity index (χ3v) is 6.65. The molecule has 1 aromatic heterocycles. The number of halogens is 3. The van der Waals surface area contributed by atoms with Gasteiger partial charge in [0.2, 0.25) is 0 Å². The van der Waals surface area contributed by atoms with Crippen LogP contribution in [0, 0.1) is 17.6 Å². The maximum absolute atomic E-state index is 13.9. The van der Waals surface area contributed by atoms with E-state index in [9.17, 15) is 28.3 Å². The van der Waals surface area contributed by atoms with E-state index in [2.05, 4.69) is 9.98 Å². The summed E-state index contributed by atoms with van der Waals surface area (Å²) in [5, 5.41) is 9.24. The highest BCUT2D eigenvalue weighted by Gasteiger charge is 2.28. The van der Waals surface area contributed by atoms with E-state index < -0.39 is 41.8 Å². The lowest BCUT2D eigenvalue weighted by molar-refractivity contribution is -0.142. The lowest BCUT2D eigenvalue weighted by Crippen LogP contribution is -2.38. The van der Waals surface area contributed by atoms with Crippen molar-refractivity contribution in [1.82, 2.24) is 9.88 Å². The molecule has 0 saturated heterocycles. The maximum atomic E-state index is 13.9. The molecular formula is C26H28ClF2N5O4. The monoisotopic (exact) mass is 547 g/mol. The number of carbonyl (C=O) groups excluding carboxylic acids is 2. The third-order valence-electron chi connectivity index (χ3n) is 6.33. The predicted octanol–water partition coefficient (Wildman–Crippen LogP) is 3.75. The fourth-order valence-corrected chi connectivity index (χ4v) is 4.67. The number of nitrogens with zero attached hydrogens (tertiary/aromatic N) is 3. The Morgan fingerprint density at radius 3 is 2.37 bits per heavy atom. The second kappa shape index (κ2) is 12.6. The molecule has 1 amide bonds. The fourth-order valence-electron chi connectivity index (χ4n) is 4.42. The van der Waals surface area contributed by atoms with E-state index >= 15 is 0 Å². The van der Waals surface area contributed by atoms with E-state index in [4.69, 9.17) is 23.1 Å². The molecule has 1 saturated carbocycles. The summed E-state index contributed by atoms with van der Waals surface area (Å²) in [6.45, 7) is 0.712. The van der Waals surface area contributed by atoms with Crippen molar-refractivity contribution in [2.45, 2.75) is 45.2 Å². The van der Waals surface area contributed by atoms with E-state index in [0.29, 0.717) is 31.7 Å². The number of carbonyl (C=O) groups is 3. The second-order valence-electron chi connectivity index (χ2n) is 9.05. The van der Waals surface area contributed by atoms with Gasteiger partial charge in [-0.1, -0.05) is 11.6 Å². The Hall–Kier alpha value is -3.86. The van der Waals surface area contributed by atoms with Gasteiger partial charge in [-0.25, -0.2) is 13.8 Å². The number of carboxylic acids is 1. The van der Waals surface area contributed by atoms with Crippen LogP contribution in [0.3, 0.4) is 0 Å². The summed E-state index contributed by atoms with van der Waals surface area (Å²) in [5.41, 5.74) is 11.9. The third kappa shape index (κ3) is 7.12. The molecule has 0 unspecified atom stereocenters. The molecule has 1 aliphatic carbocycles. The Balaban J connectivity index is 1.89. The molecule has 0 aliphatic heterocycles. The topological polar surface area (TPSA) is 152 Å². The number of benzene rings is 1. The molecule has 1 heterocycles. The van der Waals surface area contributed by atoms with Crippen LogP contribution >= 0.6 is 11.6 Å². The molecule has 0 bridgehead atoms. The van der Waals surface area contributed by atoms with Crippen LogP contribution in [0.25, 0.3) is 0 Å². The number of nitrogens with two attached hydrogens (primary N) is 2. The summed E-state index contributed by atoms with van der Waals surface area (Å²) in [4.78, 5) is 47.5. The van der Waals surface area contributed by atoms with E-state index in [-0.39, 0.29) is 45.8 Å². The van der Waals surface area contributed by atoms with Crippen molar-refractivity contribution in [3.8, 4) is 0 Å². The summed E-state index contributed by atoms with van der Waals surface area (Å²) >= 11 is 6.14. The van der Waals surface area contributed by atoms with Gasteiger partial charge in [0.05, 0.1) is 34.7 Å². The molecule has 0 radical (unpaired) electrons. The minimum atomic E-state index is -0.845. The predicted molar refractivity (Wildman–Crippen MR) is 139 cm³/mol. The number of anilines is 1. The van der Waals surface area contributed by atoms with Crippen molar-refractivity contribution in [3.05, 3.63) is 70.0 Å². The molecule has 38 heavy (non-hydrogen) atoms. The smallest absolute Gasteiger partial charge is 0.306 e. The first-order chi connectivity index (χ1) is 18.0. The summed E-state index contributed by atoms with van der Waals surface area (Å²) in [5.74, 6) is -4.42. The standard InChI is InChI=1S/C26H28ClF2N5O4/c1-14(33-19-4-2-16(3-5-19)26(37)38)20(11-30)25(36)34(12-15-8-17(28)10-18(29)9-15)13-22(35)23-21(27)6-7-32-24(23)31/h6-11,16,19H,2-5,12-13,30H2,1H3,(H2,31,32)(H,37,38). The quantitative estimate of drug-likeness (QED) is 0.245. The fraction of sp³-hybridized carbons (Fsp3) is 0.346. The molecule has 12 heteroatoms. The molecular weight excluding hydrogens is 520 g/mol. The number of aromatic nitrogens is 1. The van der Waals surface area contributed by atoms with Crippen molar-refractivity contribution >= 4 is 40.8 Å². The van der Waals surface area contributed by atoms with Crippen molar-refractivity contribution in [2.24, 2.45) is 16.6 Å². The Morgan fingerprint density at radius 1 is 1.18 bits per heavy atom. The normalized spacial score (nSPS) is 18.2. The number of aliphatic carboxylic acids is 1. The molecule has 9 nitrogen and oxygen atoms in total. The molecule has 5 N–H and O–H groups in total. The van der Waals surface area contributed by atoms with Gasteiger partial charge in [0.1, 0.15) is 17.5 Å². The first-order valence-corrected chi connectivity index (χ1v) is 12.2. The summed E-state index contributed by atoms with van der Waals surface area (Å²) in [6.07, 6.45) is 4.37. The van der Waals surface area contributed by atoms with Crippen LogP contribution in [0.1, 0.15) is 48.5 Å². The molecule has 2 aromatic rings. The number of amides is 1. The number of Topliss-reactive ketones (excluding diaryl/α,β-unsaturated/α-hetero) is 1. The number of carboxylic acid groups (broad SMARTS) is 1. The van der Waals surface area contributed by atoms with Gasteiger partial charge >= 0.3 is 5.97 Å². The molecule has 0 atom stereocenters. The zero-order chi connectivity index (χ0) is 28.0. The van der Waals surface area contributed by atoms with E-state index in [0.717, 1.165) is 23.2 Å². The number of rotatable bonds is 9. The Labute approximate surface area is 223 Å². The highest BCUT2D eigenvalue weighted by atomic mass is 35.5. The summed E-state index contributed by atoms with van der Waals surface area (Å²) in [6, 6.07) is 3.97. The molecule has 1 aromatic carbocycles. The largest absolute Gasteiger partial charge is 0.481 e. The van der Waals surface area contributed by atoms with Gasteiger partial charge in [0, 0.05) is 30.7 Å². The van der Waals surface area contributed by atoms with Gasteiger partial charge in [0.15, 0.2) is 5.78 Å². The van der Waals surface area contributed by atoms with Crippen molar-refractivity contribution in [1.29, 1.82) is 0 Å². The summed E-state index contributed by atoms with van der Waals surface area (Å²) < 4.78 is 27.7. The minimum Gasteiger partial charge on any atom is -0.481 e. The van der Waals surface area contributed by atoms with Gasteiger partial charge in [-0.2, -0.15) is 0 Å². The average molecular weight is 548 g/mol. The van der Waals surface area contributed by atoms with Crippen LogP contribution in [0.4, 0.5) is 14.6 Å². The number of nitrogen functional groups attached to an aromatic ring is 1. The van der Waals surface area contributed by atoms with Crippen LogP contribution in [0.15, 0.2) is 47.2 Å². The van der Waals surface area contributed by atoms with Gasteiger partial charge in [-0.05, 0) is 56.4 Å². The number of hydrogen-bond donors (Lipinski definition) is 3. The summed E-state index contributed by atoms with van der Waals surface area (Å²) in [7, 11) is 0. The van der Waals surface area contributed by atoms with Crippen LogP contribution in [-0.2, 0) is 16.1 Å². The van der Waals surface area contributed by atoms with E-state index in [1.807, 2.05) is 0 Å². The number of aliphatic imine (C=N–C) groups is 1. The zero-order valence-electron chi connectivity index (χ0n) is 20.7. The lowest BCUT2D eigenvalue weighted by atomic mass is 9.86. The first-order valence-electron chi connectivity index (χ1n) is 11.9. The van der Waals surface area contributed by atoms with Gasteiger partial charge in [-0.3, -0.25) is 19.4 Å². The number of pyridine rings is 1. The van der Waals surface area contributed by atoms with Crippen LogP contribution in [0.5, 0.6) is 0 Å². The van der Waals surface area contributed by atoms with Gasteiger partial charge in [-0.15, -0.1) is 0 Å². The molecule has 0 spiro atoms. The van der Waals surface area contributed by atoms with Gasteiger partial charge in [0.25, 0.3) is 5.91 Å². The van der Waals surface area contributed by atoms with Crippen LogP contribution in [0.2, 0.25) is 5.02 Å². The average Bonchev–Trinajstić information content (AvgIpc) is 2.83. The number of hydrogen-bond acceptors (Lipinski definition) is 7. The molecule has 1 fully saturated rings. The Morgan fingerprint density at radius 2 is 1.82 bits per heavy atom. The molecule has 202 valence electrons. The first kappa shape index (κ1) is 28.7. The lowest BCUT2D eigenvalue weighted by Gasteiger charge is -2.26. The Kier molecular flexibility index (Phi) is 9.51. The molecule has 3 rings (SSSR count). The highest BCUT2D eigenvalue weighted by Crippen LogP contribution is 2.27. The van der Waals surface area contributed by atoms with E-state index in [1.54, 1.807) is 6.92 Å². The van der Waals surface area contributed by atoms with Gasteiger partial charge < -0.3 is 21.5 Å². The number of ketones is 1.